The molecule has 6 heteroatoms. The van der Waals surface area contributed by atoms with Crippen molar-refractivity contribution < 1.29 is 5.11 Å². The van der Waals surface area contributed by atoms with E-state index >= 15 is 0 Å². The molecule has 4 nitrogen and oxygen atoms in total. The Hall–Kier alpha value is -0.580. The molecule has 0 saturated carbocycles. The fourth-order valence-electron chi connectivity index (χ4n) is 0.907. The van der Waals surface area contributed by atoms with Crippen LogP contribution in [-0.4, -0.2) is 27.7 Å². The first-order chi connectivity index (χ1) is 7.00. The maximum atomic E-state index is 9.57. The minimum Gasteiger partial charge on any atom is -0.391 e. The van der Waals surface area contributed by atoms with Gasteiger partial charge in [0.1, 0.15) is 10.8 Å². The van der Waals surface area contributed by atoms with Gasteiger partial charge in [-0.15, -0.1) is 0 Å². The fraction of sp³-hybridized carbons (Fsp3) is 0.556. The third kappa shape index (κ3) is 3.81. The molecule has 0 aromatic carbocycles. The largest absolute Gasteiger partial charge is 0.391 e. The molecule has 0 saturated heterocycles. The standard InChI is InChI=1S/C9H13Cl2N3O/c1-5(2)7(15)4-12-8-6(10)3-13-9(11)14-8/h3,5,7,15H,4H2,1-2H3,(H,12,13,14). The number of rotatable bonds is 4. The number of hydrogen-bond acceptors (Lipinski definition) is 4. The first kappa shape index (κ1) is 12.5. The highest BCUT2D eigenvalue weighted by Crippen LogP contribution is 2.19. The maximum Gasteiger partial charge on any atom is 0.224 e. The zero-order valence-corrected chi connectivity index (χ0v) is 10.0. The van der Waals surface area contributed by atoms with E-state index < -0.39 is 6.10 Å². The summed E-state index contributed by atoms with van der Waals surface area (Å²) >= 11 is 11.4. The molecule has 15 heavy (non-hydrogen) atoms. The van der Waals surface area contributed by atoms with E-state index in [-0.39, 0.29) is 11.2 Å². The zero-order chi connectivity index (χ0) is 11.4. The molecule has 84 valence electrons. The molecular formula is C9H13Cl2N3O. The number of nitrogens with zero attached hydrogens (tertiary/aromatic N) is 2. The van der Waals surface area contributed by atoms with Gasteiger partial charge in [-0.1, -0.05) is 25.4 Å². The Labute approximate surface area is 98.6 Å². The summed E-state index contributed by atoms with van der Waals surface area (Å²) in [5, 5.41) is 13.0. The van der Waals surface area contributed by atoms with E-state index in [1.54, 1.807) is 0 Å². The van der Waals surface area contributed by atoms with Gasteiger partial charge in [0.05, 0.1) is 12.3 Å². The van der Waals surface area contributed by atoms with Gasteiger partial charge in [-0.2, -0.15) is 4.98 Å². The smallest absolute Gasteiger partial charge is 0.224 e. The highest BCUT2D eigenvalue weighted by Gasteiger charge is 2.10. The molecular weight excluding hydrogens is 237 g/mol. The van der Waals surface area contributed by atoms with Gasteiger partial charge in [0, 0.05) is 6.54 Å². The molecule has 0 aliphatic rings. The van der Waals surface area contributed by atoms with Crippen LogP contribution < -0.4 is 5.32 Å². The van der Waals surface area contributed by atoms with Crippen LogP contribution in [0.4, 0.5) is 5.82 Å². The van der Waals surface area contributed by atoms with E-state index in [0.717, 1.165) is 0 Å². The average Bonchev–Trinajstić information content (AvgIpc) is 2.18. The molecule has 1 rings (SSSR count). The second kappa shape index (κ2) is 5.49. The molecule has 0 radical (unpaired) electrons. The first-order valence-electron chi connectivity index (χ1n) is 4.60. The van der Waals surface area contributed by atoms with Crippen molar-refractivity contribution in [1.82, 2.24) is 9.97 Å². The van der Waals surface area contributed by atoms with Crippen molar-refractivity contribution >= 4 is 29.0 Å². The predicted molar refractivity (Wildman–Crippen MR) is 61.4 cm³/mol. The number of anilines is 1. The van der Waals surface area contributed by atoms with Crippen LogP contribution in [-0.2, 0) is 0 Å². The first-order valence-corrected chi connectivity index (χ1v) is 5.36. The minimum atomic E-state index is -0.449. The number of nitrogens with one attached hydrogen (secondary N) is 1. The molecule has 0 amide bonds. The van der Waals surface area contributed by atoms with Gasteiger partial charge < -0.3 is 10.4 Å². The van der Waals surface area contributed by atoms with E-state index in [1.807, 2.05) is 13.8 Å². The van der Waals surface area contributed by atoms with Gasteiger partial charge in [-0.25, -0.2) is 4.98 Å². The fourth-order valence-corrected chi connectivity index (χ4v) is 1.20. The summed E-state index contributed by atoms with van der Waals surface area (Å²) < 4.78 is 0. The number of aromatic nitrogens is 2. The summed E-state index contributed by atoms with van der Waals surface area (Å²) in [5.74, 6) is 0.616. The lowest BCUT2D eigenvalue weighted by atomic mass is 10.1. The maximum absolute atomic E-state index is 9.57. The molecule has 2 N–H and O–H groups in total. The second-order valence-corrected chi connectivity index (χ2v) is 4.27. The lowest BCUT2D eigenvalue weighted by molar-refractivity contribution is 0.138. The van der Waals surface area contributed by atoms with Crippen LogP contribution in [0.2, 0.25) is 10.3 Å². The molecule has 1 heterocycles. The monoisotopic (exact) mass is 249 g/mol. The molecule has 0 spiro atoms. The number of aliphatic hydroxyl groups is 1. The lowest BCUT2D eigenvalue weighted by Gasteiger charge is -2.15. The van der Waals surface area contributed by atoms with Gasteiger partial charge >= 0.3 is 0 Å². The summed E-state index contributed by atoms with van der Waals surface area (Å²) in [5.41, 5.74) is 0. The minimum absolute atomic E-state index is 0.126. The van der Waals surface area contributed by atoms with Crippen LogP contribution in [0.15, 0.2) is 6.20 Å². The van der Waals surface area contributed by atoms with Crippen molar-refractivity contribution in [2.75, 3.05) is 11.9 Å². The molecule has 0 aliphatic heterocycles. The molecule has 1 unspecified atom stereocenters. The number of aliphatic hydroxyl groups excluding tert-OH is 1. The van der Waals surface area contributed by atoms with Crippen molar-refractivity contribution in [3.8, 4) is 0 Å². The van der Waals surface area contributed by atoms with Crippen molar-refractivity contribution in [3.63, 3.8) is 0 Å². The van der Waals surface area contributed by atoms with E-state index in [9.17, 15) is 5.11 Å². The Morgan fingerprint density at radius 2 is 2.13 bits per heavy atom. The Bertz CT molecular complexity index is 333. The highest BCUT2D eigenvalue weighted by atomic mass is 35.5. The third-order valence-electron chi connectivity index (χ3n) is 1.96. The van der Waals surface area contributed by atoms with E-state index in [1.165, 1.54) is 6.20 Å². The molecule has 1 atom stereocenters. The summed E-state index contributed by atoms with van der Waals surface area (Å²) in [6.45, 7) is 4.24. The Kier molecular flexibility index (Phi) is 4.57. The van der Waals surface area contributed by atoms with E-state index in [0.29, 0.717) is 17.4 Å². The Morgan fingerprint density at radius 3 is 2.73 bits per heavy atom. The van der Waals surface area contributed by atoms with Gasteiger partial charge in [-0.05, 0) is 17.5 Å². The van der Waals surface area contributed by atoms with E-state index in [2.05, 4.69) is 15.3 Å². The van der Waals surface area contributed by atoms with Crippen LogP contribution in [0.3, 0.4) is 0 Å². The van der Waals surface area contributed by atoms with Crippen LogP contribution in [0.25, 0.3) is 0 Å². The van der Waals surface area contributed by atoms with Gasteiger partial charge in [-0.3, -0.25) is 0 Å². The SMILES string of the molecule is CC(C)C(O)CNc1nc(Cl)ncc1Cl. The van der Waals surface area contributed by atoms with Gasteiger partial charge in [0.15, 0.2) is 0 Å². The second-order valence-electron chi connectivity index (χ2n) is 3.53. The van der Waals surface area contributed by atoms with Gasteiger partial charge in [0.25, 0.3) is 0 Å². The van der Waals surface area contributed by atoms with Gasteiger partial charge in [0.2, 0.25) is 5.28 Å². The molecule has 0 bridgehead atoms. The van der Waals surface area contributed by atoms with E-state index in [4.69, 9.17) is 23.2 Å². The van der Waals surface area contributed by atoms with Crippen LogP contribution >= 0.6 is 23.2 Å². The highest BCUT2D eigenvalue weighted by molar-refractivity contribution is 6.33. The van der Waals surface area contributed by atoms with Crippen LogP contribution in [0.5, 0.6) is 0 Å². The van der Waals surface area contributed by atoms with Crippen LogP contribution in [0.1, 0.15) is 13.8 Å². The zero-order valence-electron chi connectivity index (χ0n) is 8.54. The molecule has 1 aromatic heterocycles. The topological polar surface area (TPSA) is 58.0 Å². The molecule has 1 aromatic rings. The summed E-state index contributed by atoms with van der Waals surface area (Å²) in [6.07, 6.45) is 0.968. The normalized spacial score (nSPS) is 12.9. The average molecular weight is 250 g/mol. The van der Waals surface area contributed by atoms with Crippen molar-refractivity contribution in [1.29, 1.82) is 0 Å². The Morgan fingerprint density at radius 1 is 1.47 bits per heavy atom. The summed E-state index contributed by atoms with van der Waals surface area (Å²) in [7, 11) is 0. The third-order valence-corrected chi connectivity index (χ3v) is 2.42. The predicted octanol–water partition coefficient (Wildman–Crippen LogP) is 2.21. The molecule has 0 aliphatic carbocycles. The summed E-state index contributed by atoms with van der Waals surface area (Å²) in [6, 6.07) is 0. The lowest BCUT2D eigenvalue weighted by Crippen LogP contribution is -2.25. The number of hydrogen-bond donors (Lipinski definition) is 2. The van der Waals surface area contributed by atoms with Crippen LogP contribution in [0, 0.1) is 5.92 Å². The quantitative estimate of drug-likeness (QED) is 0.804. The summed E-state index contributed by atoms with van der Waals surface area (Å²) in [4.78, 5) is 7.63. The molecule has 0 fully saturated rings. The Balaban J connectivity index is 2.61. The van der Waals surface area contributed by atoms with Crippen molar-refractivity contribution in [2.24, 2.45) is 5.92 Å². The number of halogens is 2. The van der Waals surface area contributed by atoms with Crippen molar-refractivity contribution in [3.05, 3.63) is 16.5 Å². The van der Waals surface area contributed by atoms with Crippen molar-refractivity contribution in [2.45, 2.75) is 20.0 Å².